The maximum Gasteiger partial charge on any atom is 0.0983 e. The summed E-state index contributed by atoms with van der Waals surface area (Å²) in [6.07, 6.45) is 0. The van der Waals surface area contributed by atoms with Gasteiger partial charge in [0.15, 0.2) is 0 Å². The summed E-state index contributed by atoms with van der Waals surface area (Å²) in [5.41, 5.74) is 4.53. The van der Waals surface area contributed by atoms with E-state index in [0.717, 1.165) is 11.4 Å². The van der Waals surface area contributed by atoms with Gasteiger partial charge in [-0.25, -0.2) is 11.7 Å². The third-order valence-corrected chi connectivity index (χ3v) is 3.97. The normalized spacial score (nSPS) is 23.9. The predicted molar refractivity (Wildman–Crippen MR) is 71.7 cm³/mol. The van der Waals surface area contributed by atoms with Gasteiger partial charge in [-0.3, -0.25) is 0 Å². The van der Waals surface area contributed by atoms with Gasteiger partial charge in [-0.05, 0) is 12.1 Å². The lowest BCUT2D eigenvalue weighted by Gasteiger charge is -2.22. The largest absolute Gasteiger partial charge is 0.301 e. The molecular formula is C14H14N4. The molecule has 4 heteroatoms. The zero-order valence-electron chi connectivity index (χ0n) is 9.82. The fourth-order valence-corrected chi connectivity index (χ4v) is 3.19. The molecule has 2 aromatic carbocycles. The molecule has 90 valence electrons. The molecule has 0 amide bonds. The Hall–Kier alpha value is -2.04. The van der Waals surface area contributed by atoms with Crippen LogP contribution in [-0.4, -0.2) is 0 Å². The molecule has 0 aliphatic carbocycles. The summed E-state index contributed by atoms with van der Waals surface area (Å²) in [5, 5.41) is 3.68. The van der Waals surface area contributed by atoms with E-state index in [-0.39, 0.29) is 12.1 Å². The van der Waals surface area contributed by atoms with Gasteiger partial charge in [-0.2, -0.15) is 0 Å². The monoisotopic (exact) mass is 238 g/mol. The molecule has 0 spiro atoms. The number of hydrazine groups is 2. The molecule has 0 bridgehead atoms. The van der Waals surface area contributed by atoms with Crippen molar-refractivity contribution in [2.75, 3.05) is 10.0 Å². The lowest BCUT2D eigenvalue weighted by atomic mass is 10.0. The molecule has 2 aliphatic heterocycles. The van der Waals surface area contributed by atoms with E-state index in [1.807, 2.05) is 46.4 Å². The number of para-hydroxylation sites is 2. The molecule has 18 heavy (non-hydrogen) atoms. The maximum absolute atomic E-state index is 6.26. The molecule has 2 atom stereocenters. The zero-order valence-corrected chi connectivity index (χ0v) is 9.82. The molecule has 4 nitrogen and oxygen atoms in total. The third-order valence-electron chi connectivity index (χ3n) is 3.97. The number of hydrogen-bond donors (Lipinski definition) is 2. The van der Waals surface area contributed by atoms with Crippen LogP contribution in [0.4, 0.5) is 11.4 Å². The summed E-state index contributed by atoms with van der Waals surface area (Å²) >= 11 is 0. The van der Waals surface area contributed by atoms with E-state index in [0.29, 0.717) is 0 Å². The van der Waals surface area contributed by atoms with Gasteiger partial charge in [0.25, 0.3) is 0 Å². The van der Waals surface area contributed by atoms with Crippen LogP contribution in [0.5, 0.6) is 0 Å². The Morgan fingerprint density at radius 3 is 1.50 bits per heavy atom. The van der Waals surface area contributed by atoms with Crippen LogP contribution >= 0.6 is 0 Å². The Kier molecular flexibility index (Phi) is 1.79. The number of nitrogens with zero attached hydrogens (tertiary/aromatic N) is 2. The second-order valence-corrected chi connectivity index (χ2v) is 4.82. The van der Waals surface area contributed by atoms with Crippen molar-refractivity contribution >= 4 is 11.4 Å². The molecular weight excluding hydrogens is 224 g/mol. The highest BCUT2D eigenvalue weighted by molar-refractivity contribution is 5.72. The van der Waals surface area contributed by atoms with Crippen LogP contribution in [0.1, 0.15) is 23.2 Å². The van der Waals surface area contributed by atoms with E-state index in [4.69, 9.17) is 11.7 Å². The van der Waals surface area contributed by atoms with Crippen LogP contribution in [0, 0.1) is 0 Å². The molecule has 4 rings (SSSR count). The van der Waals surface area contributed by atoms with Gasteiger partial charge in [0.05, 0.1) is 23.5 Å². The van der Waals surface area contributed by atoms with Crippen molar-refractivity contribution in [1.29, 1.82) is 0 Å². The highest BCUT2D eigenvalue weighted by Crippen LogP contribution is 2.55. The first-order chi connectivity index (χ1) is 8.79. The van der Waals surface area contributed by atoms with E-state index >= 15 is 0 Å². The Bertz CT molecular complexity index is 569. The molecule has 0 fully saturated rings. The molecule has 2 heterocycles. The minimum absolute atomic E-state index is 0.114. The first-order valence-electron chi connectivity index (χ1n) is 6.05. The summed E-state index contributed by atoms with van der Waals surface area (Å²) in [5.74, 6) is 12.5. The summed E-state index contributed by atoms with van der Waals surface area (Å²) in [6, 6.07) is 16.6. The van der Waals surface area contributed by atoms with Crippen molar-refractivity contribution in [3.63, 3.8) is 0 Å². The van der Waals surface area contributed by atoms with Crippen LogP contribution < -0.4 is 21.7 Å². The zero-order chi connectivity index (χ0) is 12.3. The highest BCUT2D eigenvalue weighted by atomic mass is 15.5. The molecule has 0 saturated carbocycles. The Labute approximate surface area is 105 Å². The van der Waals surface area contributed by atoms with E-state index in [9.17, 15) is 0 Å². The fraction of sp³-hybridized carbons (Fsp3) is 0.143. The molecule has 0 radical (unpaired) electrons. The Morgan fingerprint density at radius 2 is 1.06 bits per heavy atom. The lowest BCUT2D eigenvalue weighted by Crippen LogP contribution is -2.36. The SMILES string of the molecule is NN1c2ccccc2C2C1c1ccccc1N2N. The van der Waals surface area contributed by atoms with Crippen LogP contribution in [0.15, 0.2) is 48.5 Å². The third kappa shape index (κ3) is 1.02. The second-order valence-electron chi connectivity index (χ2n) is 4.82. The minimum Gasteiger partial charge on any atom is -0.301 e. The van der Waals surface area contributed by atoms with Crippen molar-refractivity contribution < 1.29 is 0 Å². The average molecular weight is 238 g/mol. The topological polar surface area (TPSA) is 58.5 Å². The molecule has 0 aromatic heterocycles. The first kappa shape index (κ1) is 9.94. The van der Waals surface area contributed by atoms with Gasteiger partial charge in [0.1, 0.15) is 0 Å². The second kappa shape index (κ2) is 3.25. The minimum atomic E-state index is 0.114. The quantitative estimate of drug-likeness (QED) is 0.688. The van der Waals surface area contributed by atoms with Crippen LogP contribution in [0.25, 0.3) is 0 Å². The first-order valence-corrected chi connectivity index (χ1v) is 6.05. The van der Waals surface area contributed by atoms with E-state index in [1.165, 1.54) is 11.1 Å². The fourth-order valence-electron chi connectivity index (χ4n) is 3.19. The number of hydrogen-bond acceptors (Lipinski definition) is 4. The molecule has 4 N–H and O–H groups in total. The van der Waals surface area contributed by atoms with Gasteiger partial charge in [0, 0.05) is 11.1 Å². The van der Waals surface area contributed by atoms with Crippen molar-refractivity contribution in [3.05, 3.63) is 59.7 Å². The van der Waals surface area contributed by atoms with Crippen molar-refractivity contribution in [2.45, 2.75) is 12.1 Å². The van der Waals surface area contributed by atoms with Crippen LogP contribution in [-0.2, 0) is 0 Å². The maximum atomic E-state index is 6.26. The number of nitrogens with two attached hydrogens (primary N) is 2. The highest BCUT2D eigenvalue weighted by Gasteiger charge is 2.47. The molecule has 2 aliphatic rings. The van der Waals surface area contributed by atoms with E-state index in [2.05, 4.69) is 12.1 Å². The molecule has 0 saturated heterocycles. The Morgan fingerprint density at radius 1 is 0.667 bits per heavy atom. The summed E-state index contributed by atoms with van der Waals surface area (Å²) in [6.45, 7) is 0. The lowest BCUT2D eigenvalue weighted by molar-refractivity contribution is 0.570. The average Bonchev–Trinajstić information content (AvgIpc) is 2.87. The number of rotatable bonds is 0. The van der Waals surface area contributed by atoms with Gasteiger partial charge in [-0.1, -0.05) is 36.4 Å². The number of benzene rings is 2. The Balaban J connectivity index is 1.95. The molecule has 2 aromatic rings. The van der Waals surface area contributed by atoms with Gasteiger partial charge in [0.2, 0.25) is 0 Å². The standard InChI is InChI=1S/C14H14N4/c15-17-11-7-3-1-5-9(11)13-14(17)10-6-2-4-8-12(10)18(13)16/h1-8,13-14H,15-16H2. The summed E-state index contributed by atoms with van der Waals surface area (Å²) < 4.78 is 0. The van der Waals surface area contributed by atoms with E-state index in [1.54, 1.807) is 0 Å². The van der Waals surface area contributed by atoms with E-state index < -0.39 is 0 Å². The van der Waals surface area contributed by atoms with Gasteiger partial charge < -0.3 is 10.0 Å². The van der Waals surface area contributed by atoms with Crippen molar-refractivity contribution in [1.82, 2.24) is 0 Å². The van der Waals surface area contributed by atoms with Gasteiger partial charge >= 0.3 is 0 Å². The number of fused-ring (bicyclic) bond motifs is 5. The van der Waals surface area contributed by atoms with Crippen LogP contribution in [0.3, 0.4) is 0 Å². The molecule has 2 unspecified atom stereocenters. The summed E-state index contributed by atoms with van der Waals surface area (Å²) in [4.78, 5) is 0. The smallest absolute Gasteiger partial charge is 0.0983 e. The van der Waals surface area contributed by atoms with Gasteiger partial charge in [-0.15, -0.1) is 0 Å². The predicted octanol–water partition coefficient (Wildman–Crippen LogP) is 1.86. The van der Waals surface area contributed by atoms with Crippen LogP contribution in [0.2, 0.25) is 0 Å². The summed E-state index contributed by atoms with van der Waals surface area (Å²) in [7, 11) is 0. The van der Waals surface area contributed by atoms with Crippen molar-refractivity contribution in [2.24, 2.45) is 11.7 Å². The number of anilines is 2. The van der Waals surface area contributed by atoms with Crippen molar-refractivity contribution in [3.8, 4) is 0 Å².